The molecule has 0 fully saturated rings. The second-order valence-electron chi connectivity index (χ2n) is 6.96. The first-order valence-electron chi connectivity index (χ1n) is 9.64. The fraction of sp³-hybridized carbons (Fsp3) is 0.550. The number of methoxy groups -OCH3 is 1. The zero-order valence-electron chi connectivity index (χ0n) is 16.9. The summed E-state index contributed by atoms with van der Waals surface area (Å²) in [5.41, 5.74) is 4.24. The molecule has 0 spiro atoms. The number of carbonyl (C=O) groups excluding carboxylic acids is 1. The smallest absolute Gasteiger partial charge is 0.261 e. The molecule has 2 aromatic rings. The molecule has 1 heterocycles. The molecule has 0 radical (unpaired) electrons. The minimum absolute atomic E-state index is 0.00340. The van der Waals surface area contributed by atoms with Crippen LogP contribution in [-0.4, -0.2) is 47.2 Å². The molecule has 3 N–H and O–H groups in total. The second-order valence-corrected chi connectivity index (χ2v) is 7.40. The number of benzene rings is 1. The number of halogens is 1. The van der Waals surface area contributed by atoms with Crippen molar-refractivity contribution in [3.63, 3.8) is 0 Å². The van der Waals surface area contributed by atoms with Crippen LogP contribution in [0.25, 0.3) is 10.9 Å². The van der Waals surface area contributed by atoms with E-state index in [0.29, 0.717) is 28.3 Å². The highest BCUT2D eigenvalue weighted by atomic mass is 35.5. The molecule has 0 unspecified atom stereocenters. The van der Waals surface area contributed by atoms with Crippen molar-refractivity contribution in [3.05, 3.63) is 39.4 Å². The number of ether oxygens (including phenoxy) is 1. The number of nitrogens with zero attached hydrogens (tertiary/aromatic N) is 3. The van der Waals surface area contributed by atoms with E-state index in [1.165, 1.54) is 11.7 Å². The van der Waals surface area contributed by atoms with Crippen molar-refractivity contribution in [2.24, 2.45) is 7.05 Å². The quantitative estimate of drug-likeness (QED) is 0.607. The van der Waals surface area contributed by atoms with Gasteiger partial charge in [-0.3, -0.25) is 14.2 Å². The maximum atomic E-state index is 12.8. The number of carbonyl (C=O) groups is 1. The number of hydrogen-bond donors (Lipinski definition) is 1. The van der Waals surface area contributed by atoms with Crippen molar-refractivity contribution in [3.8, 4) is 0 Å². The van der Waals surface area contributed by atoms with Crippen molar-refractivity contribution in [2.75, 3.05) is 26.8 Å². The fourth-order valence-electron chi connectivity index (χ4n) is 3.33. The number of hydrogen-bond acceptors (Lipinski definition) is 4. The minimum Gasteiger partial charge on any atom is -0.375 e. The molecule has 8 heteroatoms. The summed E-state index contributed by atoms with van der Waals surface area (Å²) in [5, 5.41) is 1.02. The SMILES string of the molecule is COCC(=O)N(CCCCCC[NH3+])[C@H](C)c1nc2cc(Cl)ccc2c(=O)n1C. The molecule has 0 aliphatic carbocycles. The zero-order chi connectivity index (χ0) is 20.7. The normalized spacial score (nSPS) is 12.3. The van der Waals surface area contributed by atoms with Crippen molar-refractivity contribution >= 4 is 28.4 Å². The summed E-state index contributed by atoms with van der Waals surface area (Å²) in [7, 11) is 3.18. The molecule has 0 bridgehead atoms. The molecular formula is C20H30ClN4O3+. The maximum absolute atomic E-state index is 12.8. The molecule has 2 rings (SSSR count). The zero-order valence-corrected chi connectivity index (χ0v) is 17.7. The van der Waals surface area contributed by atoms with E-state index in [1.54, 1.807) is 30.1 Å². The van der Waals surface area contributed by atoms with Crippen LogP contribution in [0.1, 0.15) is 44.5 Å². The van der Waals surface area contributed by atoms with E-state index in [2.05, 4.69) is 10.7 Å². The van der Waals surface area contributed by atoms with Gasteiger partial charge < -0.3 is 15.4 Å². The van der Waals surface area contributed by atoms with Gasteiger partial charge in [0, 0.05) is 25.7 Å². The van der Waals surface area contributed by atoms with Gasteiger partial charge in [0.05, 0.1) is 23.5 Å². The Kier molecular flexibility index (Phi) is 8.41. The predicted molar refractivity (Wildman–Crippen MR) is 110 cm³/mol. The third-order valence-electron chi connectivity index (χ3n) is 4.90. The first kappa shape index (κ1) is 22.3. The highest BCUT2D eigenvalue weighted by Crippen LogP contribution is 2.22. The molecule has 28 heavy (non-hydrogen) atoms. The van der Waals surface area contributed by atoms with Gasteiger partial charge in [0.15, 0.2) is 0 Å². The maximum Gasteiger partial charge on any atom is 0.261 e. The molecule has 7 nitrogen and oxygen atoms in total. The van der Waals surface area contributed by atoms with Crippen LogP contribution in [0.5, 0.6) is 0 Å². The van der Waals surface area contributed by atoms with E-state index in [-0.39, 0.29) is 24.1 Å². The number of fused-ring (bicyclic) bond motifs is 1. The van der Waals surface area contributed by atoms with E-state index < -0.39 is 0 Å². The van der Waals surface area contributed by atoms with E-state index in [9.17, 15) is 9.59 Å². The van der Waals surface area contributed by atoms with Gasteiger partial charge in [-0.05, 0) is 44.4 Å². The Labute approximate surface area is 170 Å². The third-order valence-corrected chi connectivity index (χ3v) is 5.14. The van der Waals surface area contributed by atoms with Crippen molar-refractivity contribution in [2.45, 2.75) is 38.6 Å². The van der Waals surface area contributed by atoms with Gasteiger partial charge in [-0.25, -0.2) is 4.98 Å². The minimum atomic E-state index is -0.364. The molecular weight excluding hydrogens is 380 g/mol. The Morgan fingerprint density at radius 3 is 2.71 bits per heavy atom. The molecule has 0 aliphatic rings. The first-order valence-corrected chi connectivity index (χ1v) is 10.0. The van der Waals surface area contributed by atoms with Crippen LogP contribution < -0.4 is 11.3 Å². The summed E-state index contributed by atoms with van der Waals surface area (Å²) < 4.78 is 6.56. The average molecular weight is 410 g/mol. The van der Waals surface area contributed by atoms with E-state index >= 15 is 0 Å². The summed E-state index contributed by atoms with van der Waals surface area (Å²) in [5.74, 6) is 0.412. The summed E-state index contributed by atoms with van der Waals surface area (Å²) in [4.78, 5) is 31.8. The standard InChI is InChI=1S/C20H29ClN4O3/c1-14(25(18(26)13-28-3)11-7-5-4-6-10-22)19-23-17-12-15(21)8-9-16(17)20(27)24(19)2/h8-9,12,14H,4-7,10-11,13,22H2,1-3H3/p+1/t14-/m1/s1. The second kappa shape index (κ2) is 10.5. The lowest BCUT2D eigenvalue weighted by Crippen LogP contribution is -2.50. The molecule has 1 aromatic carbocycles. The van der Waals surface area contributed by atoms with Crippen LogP contribution in [-0.2, 0) is 16.6 Å². The Morgan fingerprint density at radius 2 is 2.04 bits per heavy atom. The lowest BCUT2D eigenvalue weighted by atomic mass is 10.1. The van der Waals surface area contributed by atoms with Crippen molar-refractivity contribution in [1.29, 1.82) is 0 Å². The summed E-state index contributed by atoms with van der Waals surface area (Å²) in [6, 6.07) is 4.67. The highest BCUT2D eigenvalue weighted by Gasteiger charge is 2.25. The number of rotatable bonds is 10. The molecule has 0 saturated heterocycles. The summed E-state index contributed by atoms with van der Waals surface area (Å²) in [6.07, 6.45) is 4.09. The van der Waals surface area contributed by atoms with Crippen LogP contribution in [0, 0.1) is 0 Å². The monoisotopic (exact) mass is 409 g/mol. The Hall–Kier alpha value is -1.96. The van der Waals surface area contributed by atoms with Crippen LogP contribution in [0.3, 0.4) is 0 Å². The Morgan fingerprint density at radius 1 is 1.32 bits per heavy atom. The third kappa shape index (κ3) is 5.31. The van der Waals surface area contributed by atoms with Gasteiger partial charge in [0.25, 0.3) is 5.56 Å². The Bertz CT molecular complexity index is 868. The molecule has 0 saturated carbocycles. The van der Waals surface area contributed by atoms with E-state index in [4.69, 9.17) is 16.3 Å². The summed E-state index contributed by atoms with van der Waals surface area (Å²) >= 11 is 6.07. The molecule has 0 aliphatic heterocycles. The van der Waals surface area contributed by atoms with Gasteiger partial charge >= 0.3 is 0 Å². The lowest BCUT2D eigenvalue weighted by molar-refractivity contribution is -0.368. The topological polar surface area (TPSA) is 92.1 Å². The summed E-state index contributed by atoms with van der Waals surface area (Å²) in [6.45, 7) is 3.40. The molecule has 1 atom stereocenters. The van der Waals surface area contributed by atoms with Crippen LogP contribution in [0.15, 0.2) is 23.0 Å². The number of aromatic nitrogens is 2. The predicted octanol–water partition coefficient (Wildman–Crippen LogP) is 1.93. The largest absolute Gasteiger partial charge is 0.375 e. The van der Waals surface area contributed by atoms with Crippen LogP contribution in [0.4, 0.5) is 0 Å². The lowest BCUT2D eigenvalue weighted by Gasteiger charge is -2.30. The van der Waals surface area contributed by atoms with Gasteiger partial charge in [-0.1, -0.05) is 18.0 Å². The fourth-order valence-corrected chi connectivity index (χ4v) is 3.49. The molecule has 154 valence electrons. The average Bonchev–Trinajstić information content (AvgIpc) is 2.67. The van der Waals surface area contributed by atoms with Crippen molar-refractivity contribution in [1.82, 2.24) is 14.5 Å². The molecule has 1 aromatic heterocycles. The highest BCUT2D eigenvalue weighted by molar-refractivity contribution is 6.31. The Balaban J connectivity index is 2.33. The van der Waals surface area contributed by atoms with Gasteiger partial charge in [-0.2, -0.15) is 0 Å². The molecule has 1 amide bonds. The van der Waals surface area contributed by atoms with E-state index in [1.807, 2.05) is 6.92 Å². The van der Waals surface area contributed by atoms with Crippen LogP contribution in [0.2, 0.25) is 5.02 Å². The number of quaternary nitrogens is 1. The number of amides is 1. The van der Waals surface area contributed by atoms with Crippen molar-refractivity contribution < 1.29 is 15.3 Å². The first-order chi connectivity index (χ1) is 13.4. The van der Waals surface area contributed by atoms with Gasteiger partial charge in [0.2, 0.25) is 5.91 Å². The van der Waals surface area contributed by atoms with Crippen LogP contribution >= 0.6 is 11.6 Å². The van der Waals surface area contributed by atoms with E-state index in [0.717, 1.165) is 32.2 Å². The van der Waals surface area contributed by atoms with Gasteiger partial charge in [-0.15, -0.1) is 0 Å². The van der Waals surface area contributed by atoms with Gasteiger partial charge in [0.1, 0.15) is 12.4 Å². The number of unbranched alkanes of at least 4 members (excludes halogenated alkanes) is 3.